The van der Waals surface area contributed by atoms with Gasteiger partial charge in [-0.3, -0.25) is 4.90 Å². The molecule has 21 heavy (non-hydrogen) atoms. The highest BCUT2D eigenvalue weighted by atomic mass is 16.5. The predicted molar refractivity (Wildman–Crippen MR) is 89.6 cm³/mol. The quantitative estimate of drug-likeness (QED) is 0.815. The van der Waals surface area contributed by atoms with Crippen LogP contribution in [0.3, 0.4) is 0 Å². The van der Waals surface area contributed by atoms with Gasteiger partial charge < -0.3 is 10.1 Å². The van der Waals surface area contributed by atoms with Gasteiger partial charge in [0.15, 0.2) is 0 Å². The van der Waals surface area contributed by atoms with Gasteiger partial charge in [-0.05, 0) is 62.9 Å². The molecule has 0 spiro atoms. The summed E-state index contributed by atoms with van der Waals surface area (Å²) < 4.78 is 5.41. The largest absolute Gasteiger partial charge is 0.384 e. The topological polar surface area (TPSA) is 24.5 Å². The lowest BCUT2D eigenvalue weighted by molar-refractivity contribution is 0.0285. The zero-order valence-corrected chi connectivity index (χ0v) is 14.6. The van der Waals surface area contributed by atoms with Crippen molar-refractivity contribution in [3.05, 3.63) is 0 Å². The van der Waals surface area contributed by atoms with E-state index in [4.69, 9.17) is 4.74 Å². The number of nitrogens with one attached hydrogen (secondary N) is 1. The fourth-order valence-electron chi connectivity index (χ4n) is 4.46. The van der Waals surface area contributed by atoms with E-state index in [1.807, 2.05) is 7.11 Å². The van der Waals surface area contributed by atoms with E-state index >= 15 is 0 Å². The molecule has 0 aromatic carbocycles. The van der Waals surface area contributed by atoms with E-state index in [9.17, 15) is 0 Å². The Hall–Kier alpha value is -0.120. The Morgan fingerprint density at radius 3 is 2.71 bits per heavy atom. The summed E-state index contributed by atoms with van der Waals surface area (Å²) in [6.45, 7) is 11.6. The summed E-state index contributed by atoms with van der Waals surface area (Å²) in [6, 6.07) is 1.44. The van der Waals surface area contributed by atoms with Crippen molar-refractivity contribution in [3.63, 3.8) is 0 Å². The fourth-order valence-corrected chi connectivity index (χ4v) is 4.46. The fraction of sp³-hybridized carbons (Fsp3) is 1.00. The monoisotopic (exact) mass is 296 g/mol. The van der Waals surface area contributed by atoms with Gasteiger partial charge in [-0.25, -0.2) is 0 Å². The van der Waals surface area contributed by atoms with Crippen LogP contribution >= 0.6 is 0 Å². The normalized spacial score (nSPS) is 35.3. The molecule has 2 rings (SSSR count). The van der Waals surface area contributed by atoms with Crippen LogP contribution in [0.5, 0.6) is 0 Å². The van der Waals surface area contributed by atoms with Gasteiger partial charge in [-0.15, -0.1) is 0 Å². The minimum atomic E-state index is 0.700. The van der Waals surface area contributed by atoms with Crippen LogP contribution < -0.4 is 5.32 Å². The third kappa shape index (κ3) is 4.67. The lowest BCUT2D eigenvalue weighted by Gasteiger charge is -2.46. The Labute approximate surface area is 131 Å². The molecule has 124 valence electrons. The first-order valence-electron chi connectivity index (χ1n) is 9.12. The van der Waals surface area contributed by atoms with Crippen molar-refractivity contribution in [1.82, 2.24) is 10.2 Å². The average Bonchev–Trinajstić information content (AvgIpc) is 2.48. The van der Waals surface area contributed by atoms with Gasteiger partial charge in [0.05, 0.1) is 6.61 Å². The van der Waals surface area contributed by atoms with Gasteiger partial charge in [-0.1, -0.05) is 20.8 Å². The highest BCUT2D eigenvalue weighted by Crippen LogP contribution is 2.34. The summed E-state index contributed by atoms with van der Waals surface area (Å²) in [5, 5.41) is 3.77. The van der Waals surface area contributed by atoms with Crippen LogP contribution in [0.15, 0.2) is 0 Å². The van der Waals surface area contributed by atoms with Crippen molar-refractivity contribution in [2.45, 2.75) is 65.0 Å². The van der Waals surface area contributed by atoms with Gasteiger partial charge in [0, 0.05) is 25.7 Å². The van der Waals surface area contributed by atoms with E-state index < -0.39 is 0 Å². The first kappa shape index (κ1) is 17.2. The summed E-state index contributed by atoms with van der Waals surface area (Å²) in [5.74, 6) is 2.48. The molecule has 2 fully saturated rings. The average molecular weight is 296 g/mol. The molecule has 0 amide bonds. The van der Waals surface area contributed by atoms with Crippen molar-refractivity contribution in [2.75, 3.05) is 33.4 Å². The molecule has 0 aromatic rings. The van der Waals surface area contributed by atoms with Crippen LogP contribution in [0, 0.1) is 17.8 Å². The van der Waals surface area contributed by atoms with Crippen molar-refractivity contribution in [1.29, 1.82) is 0 Å². The van der Waals surface area contributed by atoms with Crippen molar-refractivity contribution in [2.24, 2.45) is 17.8 Å². The molecule has 0 aromatic heterocycles. The second-order valence-electron chi connectivity index (χ2n) is 7.51. The molecule has 1 N–H and O–H groups in total. The van der Waals surface area contributed by atoms with Crippen LogP contribution in [-0.4, -0.2) is 50.3 Å². The Morgan fingerprint density at radius 2 is 2.05 bits per heavy atom. The minimum Gasteiger partial charge on any atom is -0.384 e. The Morgan fingerprint density at radius 1 is 1.24 bits per heavy atom. The number of methoxy groups -OCH3 is 1. The second-order valence-corrected chi connectivity index (χ2v) is 7.51. The molecule has 3 heteroatoms. The molecule has 4 unspecified atom stereocenters. The number of hydrogen-bond acceptors (Lipinski definition) is 3. The Kier molecular flexibility index (Phi) is 6.97. The number of piperidine rings is 1. The number of hydrogen-bond donors (Lipinski definition) is 1. The highest BCUT2D eigenvalue weighted by Gasteiger charge is 2.36. The van der Waals surface area contributed by atoms with Crippen LogP contribution in [0.2, 0.25) is 0 Å². The number of rotatable bonds is 6. The van der Waals surface area contributed by atoms with Crippen LogP contribution in [0.1, 0.15) is 52.9 Å². The van der Waals surface area contributed by atoms with Crippen LogP contribution in [0.25, 0.3) is 0 Å². The Balaban J connectivity index is 2.00. The summed E-state index contributed by atoms with van der Waals surface area (Å²) in [6.07, 6.45) is 6.83. The van der Waals surface area contributed by atoms with Gasteiger partial charge in [0.1, 0.15) is 0 Å². The predicted octanol–water partition coefficient (Wildman–Crippen LogP) is 3.15. The van der Waals surface area contributed by atoms with Crippen LogP contribution in [0.4, 0.5) is 0 Å². The van der Waals surface area contributed by atoms with Gasteiger partial charge >= 0.3 is 0 Å². The molecule has 1 saturated heterocycles. The van der Waals surface area contributed by atoms with E-state index in [1.165, 1.54) is 45.2 Å². The molecule has 0 radical (unpaired) electrons. The molecule has 1 heterocycles. The van der Waals surface area contributed by atoms with E-state index in [0.29, 0.717) is 6.04 Å². The van der Waals surface area contributed by atoms with Gasteiger partial charge in [0.2, 0.25) is 0 Å². The second kappa shape index (κ2) is 8.50. The SMILES string of the molecule is CCNC1CCC(C(C)C)CC1N1CCCC(COC)C1. The summed E-state index contributed by atoms with van der Waals surface area (Å²) >= 11 is 0. The van der Waals surface area contributed by atoms with Gasteiger partial charge in [0.25, 0.3) is 0 Å². The van der Waals surface area contributed by atoms with E-state index in [2.05, 4.69) is 31.0 Å². The van der Waals surface area contributed by atoms with E-state index in [1.54, 1.807) is 0 Å². The number of nitrogens with zero attached hydrogens (tertiary/aromatic N) is 1. The highest BCUT2D eigenvalue weighted by molar-refractivity contribution is 4.93. The third-order valence-corrected chi connectivity index (χ3v) is 5.69. The number of ether oxygens (including phenoxy) is 1. The zero-order valence-electron chi connectivity index (χ0n) is 14.6. The molecule has 1 saturated carbocycles. The number of likely N-dealkylation sites (N-methyl/N-ethyl adjacent to an activating group) is 1. The molecule has 1 aliphatic heterocycles. The maximum Gasteiger partial charge on any atom is 0.0502 e. The zero-order chi connectivity index (χ0) is 15.2. The molecule has 2 aliphatic rings. The maximum absolute atomic E-state index is 5.41. The number of likely N-dealkylation sites (tertiary alicyclic amines) is 1. The standard InChI is InChI=1S/C18H36N2O/c1-5-19-17-9-8-16(14(2)3)11-18(17)20-10-6-7-15(12-20)13-21-4/h14-19H,5-13H2,1-4H3. The molecule has 1 aliphatic carbocycles. The van der Waals surface area contributed by atoms with Crippen molar-refractivity contribution >= 4 is 0 Å². The third-order valence-electron chi connectivity index (χ3n) is 5.69. The van der Waals surface area contributed by atoms with E-state index in [0.717, 1.165) is 36.9 Å². The first-order chi connectivity index (χ1) is 10.2. The Bertz CT molecular complexity index is 293. The molecular weight excluding hydrogens is 260 g/mol. The smallest absolute Gasteiger partial charge is 0.0502 e. The molecular formula is C18H36N2O. The minimum absolute atomic E-state index is 0.700. The molecule has 0 bridgehead atoms. The van der Waals surface area contributed by atoms with Crippen LogP contribution in [-0.2, 0) is 4.74 Å². The summed E-state index contributed by atoms with van der Waals surface area (Å²) in [5.41, 5.74) is 0. The maximum atomic E-state index is 5.41. The summed E-state index contributed by atoms with van der Waals surface area (Å²) in [7, 11) is 1.84. The summed E-state index contributed by atoms with van der Waals surface area (Å²) in [4.78, 5) is 2.79. The lowest BCUT2D eigenvalue weighted by Crippen LogP contribution is -2.56. The van der Waals surface area contributed by atoms with Gasteiger partial charge in [-0.2, -0.15) is 0 Å². The first-order valence-corrected chi connectivity index (χ1v) is 9.12. The van der Waals surface area contributed by atoms with Crippen molar-refractivity contribution in [3.8, 4) is 0 Å². The molecule has 3 nitrogen and oxygen atoms in total. The molecule has 4 atom stereocenters. The van der Waals surface area contributed by atoms with E-state index in [-0.39, 0.29) is 0 Å². The lowest BCUT2D eigenvalue weighted by atomic mass is 9.75. The van der Waals surface area contributed by atoms with Crippen molar-refractivity contribution < 1.29 is 4.74 Å².